The summed E-state index contributed by atoms with van der Waals surface area (Å²) in [6.45, 7) is 0. The fourth-order valence-electron chi connectivity index (χ4n) is 1.52. The molecule has 0 bridgehead atoms. The Bertz CT molecular complexity index is 665. The summed E-state index contributed by atoms with van der Waals surface area (Å²) in [7, 11) is 0. The number of carbonyl (C=O) groups is 1. The van der Waals surface area contributed by atoms with E-state index in [0.717, 1.165) is 23.1 Å². The Labute approximate surface area is 127 Å². The molecular weight excluding hydrogens is 323 g/mol. The third-order valence-electron chi connectivity index (χ3n) is 2.49. The molecule has 0 spiro atoms. The van der Waals surface area contributed by atoms with Crippen molar-refractivity contribution in [3.63, 3.8) is 0 Å². The van der Waals surface area contributed by atoms with Crippen molar-refractivity contribution in [3.05, 3.63) is 57.3 Å². The number of rotatable bonds is 3. The molecule has 2 nitrogen and oxygen atoms in total. The number of amides is 1. The molecule has 1 heterocycles. The minimum Gasteiger partial charge on any atom is -0.321 e. The van der Waals surface area contributed by atoms with Gasteiger partial charge < -0.3 is 5.32 Å². The van der Waals surface area contributed by atoms with E-state index >= 15 is 0 Å². The molecule has 1 amide bonds. The number of hydrogen-bond donors (Lipinski definition) is 1. The van der Waals surface area contributed by atoms with Crippen molar-refractivity contribution < 1.29 is 18.0 Å². The molecule has 7 heteroatoms. The van der Waals surface area contributed by atoms with Gasteiger partial charge in [-0.3, -0.25) is 4.79 Å². The molecule has 0 fully saturated rings. The normalized spacial score (nSPS) is 11.8. The van der Waals surface area contributed by atoms with Gasteiger partial charge in [0.25, 0.3) is 0 Å². The molecule has 110 valence electrons. The third-order valence-corrected chi connectivity index (χ3v) is 3.66. The predicted octanol–water partition coefficient (Wildman–Crippen LogP) is 5.07. The summed E-state index contributed by atoms with van der Waals surface area (Å²) in [6.07, 6.45) is -1.68. The van der Waals surface area contributed by atoms with Crippen LogP contribution in [0.15, 0.2) is 41.8 Å². The molecule has 0 saturated carbocycles. The number of anilines is 1. The molecule has 1 aromatic heterocycles. The monoisotopic (exact) mass is 331 g/mol. The van der Waals surface area contributed by atoms with Gasteiger partial charge >= 0.3 is 6.18 Å². The van der Waals surface area contributed by atoms with Gasteiger partial charge in [0.2, 0.25) is 5.91 Å². The molecule has 2 aromatic rings. The summed E-state index contributed by atoms with van der Waals surface area (Å²) >= 11 is 7.22. The van der Waals surface area contributed by atoms with E-state index in [1.54, 1.807) is 6.08 Å². The maximum absolute atomic E-state index is 12.6. The van der Waals surface area contributed by atoms with Gasteiger partial charge in [-0.2, -0.15) is 13.2 Å². The molecule has 1 aromatic carbocycles. The molecule has 1 N–H and O–H groups in total. The van der Waals surface area contributed by atoms with Crippen molar-refractivity contribution in [3.8, 4) is 0 Å². The van der Waals surface area contributed by atoms with Crippen molar-refractivity contribution in [2.75, 3.05) is 5.32 Å². The Balaban J connectivity index is 2.13. The fourth-order valence-corrected chi connectivity index (χ4v) is 2.30. The van der Waals surface area contributed by atoms with Crippen LogP contribution in [0, 0.1) is 0 Å². The predicted molar refractivity (Wildman–Crippen MR) is 78.4 cm³/mol. The molecule has 0 aliphatic carbocycles. The maximum Gasteiger partial charge on any atom is 0.416 e. The molecule has 0 saturated heterocycles. The summed E-state index contributed by atoms with van der Waals surface area (Å²) in [4.78, 5) is 12.5. The number of benzene rings is 1. The lowest BCUT2D eigenvalue weighted by Crippen LogP contribution is -2.10. The largest absolute Gasteiger partial charge is 0.416 e. The second kappa shape index (κ2) is 6.32. The summed E-state index contributed by atoms with van der Waals surface area (Å²) in [5.74, 6) is -0.551. The Morgan fingerprint density at radius 1 is 1.29 bits per heavy atom. The van der Waals surface area contributed by atoms with Gasteiger partial charge in [0, 0.05) is 11.0 Å². The van der Waals surface area contributed by atoms with Crippen LogP contribution >= 0.6 is 22.9 Å². The van der Waals surface area contributed by atoms with Crippen LogP contribution in [0.2, 0.25) is 5.02 Å². The molecule has 0 radical (unpaired) electrons. The number of carbonyl (C=O) groups excluding carboxylic acids is 1. The molecular formula is C14H9ClF3NOS. The molecule has 0 aliphatic heterocycles. The molecule has 0 atom stereocenters. The topological polar surface area (TPSA) is 29.1 Å². The lowest BCUT2D eigenvalue weighted by Gasteiger charge is -2.10. The van der Waals surface area contributed by atoms with Gasteiger partial charge in [-0.1, -0.05) is 17.7 Å². The second-order valence-corrected chi connectivity index (χ2v) is 5.42. The molecule has 21 heavy (non-hydrogen) atoms. The zero-order valence-corrected chi connectivity index (χ0v) is 12.0. The van der Waals surface area contributed by atoms with Crippen molar-refractivity contribution in [2.45, 2.75) is 6.18 Å². The minimum absolute atomic E-state index is 0.0425. The van der Waals surface area contributed by atoms with Crippen molar-refractivity contribution >= 4 is 40.6 Å². The third kappa shape index (κ3) is 4.34. The maximum atomic E-state index is 12.6. The molecule has 2 rings (SSSR count). The van der Waals surface area contributed by atoms with Crippen LogP contribution in [0.25, 0.3) is 6.08 Å². The van der Waals surface area contributed by atoms with Crippen molar-refractivity contribution in [1.29, 1.82) is 0 Å². The fraction of sp³-hybridized carbons (Fsp3) is 0.0714. The van der Waals surface area contributed by atoms with Crippen LogP contribution in [-0.4, -0.2) is 5.91 Å². The summed E-state index contributed by atoms with van der Waals surface area (Å²) in [5, 5.41) is 4.22. The van der Waals surface area contributed by atoms with E-state index in [1.807, 2.05) is 17.5 Å². The van der Waals surface area contributed by atoms with E-state index in [-0.39, 0.29) is 10.7 Å². The van der Waals surface area contributed by atoms with Gasteiger partial charge in [0.15, 0.2) is 0 Å². The van der Waals surface area contributed by atoms with Crippen LogP contribution in [0.4, 0.5) is 18.9 Å². The average Bonchev–Trinajstić information content (AvgIpc) is 2.91. The van der Waals surface area contributed by atoms with E-state index < -0.39 is 17.6 Å². The SMILES string of the molecule is O=C(C=Cc1cccs1)Nc1cc(C(F)(F)F)ccc1Cl. The van der Waals surface area contributed by atoms with Gasteiger partial charge in [0.1, 0.15) is 0 Å². The van der Waals surface area contributed by atoms with Gasteiger partial charge in [-0.05, 0) is 35.7 Å². The summed E-state index contributed by atoms with van der Waals surface area (Å²) in [6, 6.07) is 6.40. The number of hydrogen-bond acceptors (Lipinski definition) is 2. The highest BCUT2D eigenvalue weighted by molar-refractivity contribution is 7.10. The van der Waals surface area contributed by atoms with Crippen LogP contribution in [0.5, 0.6) is 0 Å². The van der Waals surface area contributed by atoms with Crippen LogP contribution in [0.3, 0.4) is 0 Å². The highest BCUT2D eigenvalue weighted by Gasteiger charge is 2.31. The van der Waals surface area contributed by atoms with Crippen molar-refractivity contribution in [1.82, 2.24) is 0 Å². The zero-order chi connectivity index (χ0) is 15.5. The molecule has 0 unspecified atom stereocenters. The van der Waals surface area contributed by atoms with Crippen molar-refractivity contribution in [2.24, 2.45) is 0 Å². The van der Waals surface area contributed by atoms with E-state index in [0.29, 0.717) is 0 Å². The van der Waals surface area contributed by atoms with Gasteiger partial charge in [0.05, 0.1) is 16.3 Å². The Hall–Kier alpha value is -1.79. The zero-order valence-electron chi connectivity index (χ0n) is 10.4. The lowest BCUT2D eigenvalue weighted by molar-refractivity contribution is -0.137. The first kappa shape index (κ1) is 15.6. The van der Waals surface area contributed by atoms with E-state index in [2.05, 4.69) is 5.32 Å². The van der Waals surface area contributed by atoms with Gasteiger partial charge in [-0.15, -0.1) is 11.3 Å². The first-order chi connectivity index (χ1) is 9.86. The number of nitrogens with one attached hydrogen (secondary N) is 1. The second-order valence-electron chi connectivity index (χ2n) is 4.03. The summed E-state index contributed by atoms with van der Waals surface area (Å²) < 4.78 is 37.8. The highest BCUT2D eigenvalue weighted by atomic mass is 35.5. The highest BCUT2D eigenvalue weighted by Crippen LogP contribution is 2.33. The van der Waals surface area contributed by atoms with Crippen LogP contribution in [0.1, 0.15) is 10.4 Å². The smallest absolute Gasteiger partial charge is 0.321 e. The number of thiophene rings is 1. The lowest BCUT2D eigenvalue weighted by atomic mass is 10.2. The molecule has 0 aliphatic rings. The Kier molecular flexibility index (Phi) is 4.69. The summed E-state index contributed by atoms with van der Waals surface area (Å²) in [5.41, 5.74) is -0.947. The van der Waals surface area contributed by atoms with E-state index in [1.165, 1.54) is 17.4 Å². The van der Waals surface area contributed by atoms with E-state index in [4.69, 9.17) is 11.6 Å². The first-order valence-corrected chi connectivity index (χ1v) is 7.01. The first-order valence-electron chi connectivity index (χ1n) is 5.75. The Morgan fingerprint density at radius 2 is 2.05 bits per heavy atom. The van der Waals surface area contributed by atoms with E-state index in [9.17, 15) is 18.0 Å². The minimum atomic E-state index is -4.49. The average molecular weight is 332 g/mol. The van der Waals surface area contributed by atoms with Crippen LogP contribution < -0.4 is 5.32 Å². The van der Waals surface area contributed by atoms with Crippen LogP contribution in [-0.2, 0) is 11.0 Å². The Morgan fingerprint density at radius 3 is 2.67 bits per heavy atom. The standard InChI is InChI=1S/C14H9ClF3NOS/c15-11-5-3-9(14(16,17)18)8-12(11)19-13(20)6-4-10-2-1-7-21-10/h1-8H,(H,19,20). The quantitative estimate of drug-likeness (QED) is 0.781. The number of alkyl halides is 3. The van der Waals surface area contributed by atoms with Gasteiger partial charge in [-0.25, -0.2) is 0 Å². The number of halogens is 4.